The first kappa shape index (κ1) is 18.2. The summed E-state index contributed by atoms with van der Waals surface area (Å²) in [5.74, 6) is -1.77. The van der Waals surface area contributed by atoms with E-state index in [4.69, 9.17) is 0 Å². The fourth-order valence-electron chi connectivity index (χ4n) is 3.07. The van der Waals surface area contributed by atoms with Crippen molar-refractivity contribution in [2.75, 3.05) is 0 Å². The zero-order valence-electron chi connectivity index (χ0n) is 14.5. The van der Waals surface area contributed by atoms with Gasteiger partial charge in [0.25, 0.3) is 5.91 Å². The number of carbonyl (C=O) groups is 3. The molecule has 0 unspecified atom stereocenters. The van der Waals surface area contributed by atoms with E-state index in [0.717, 1.165) is 5.56 Å². The predicted molar refractivity (Wildman–Crippen MR) is 91.0 cm³/mol. The smallest absolute Gasteiger partial charge is 0.326 e. The lowest BCUT2D eigenvalue weighted by atomic mass is 9.83. The summed E-state index contributed by atoms with van der Waals surface area (Å²) in [7, 11) is 0. The zero-order chi connectivity index (χ0) is 17.9. The molecule has 0 radical (unpaired) electrons. The molecule has 0 bridgehead atoms. The maximum absolute atomic E-state index is 12.4. The molecule has 5 nitrogen and oxygen atoms in total. The molecule has 1 aromatic carbocycles. The van der Waals surface area contributed by atoms with E-state index in [1.807, 2.05) is 12.1 Å². The number of Topliss-reactive ketones (excluding diaryl/α,β-unsaturated/α-hetero) is 1. The number of carboxylic acid groups (broad SMARTS) is 1. The van der Waals surface area contributed by atoms with Crippen LogP contribution in [0.25, 0.3) is 0 Å². The third-order valence-corrected chi connectivity index (χ3v) is 4.56. The first-order valence-electron chi connectivity index (χ1n) is 8.34. The maximum Gasteiger partial charge on any atom is 0.326 e. The van der Waals surface area contributed by atoms with Crippen LogP contribution in [-0.4, -0.2) is 28.8 Å². The van der Waals surface area contributed by atoms with E-state index < -0.39 is 17.9 Å². The number of hydrogen-bond acceptors (Lipinski definition) is 3. The lowest BCUT2D eigenvalue weighted by molar-refractivity contribution is -0.141. The van der Waals surface area contributed by atoms with Crippen LogP contribution in [0.1, 0.15) is 62.4 Å². The lowest BCUT2D eigenvalue weighted by Crippen LogP contribution is -2.47. The Morgan fingerprint density at radius 1 is 1.21 bits per heavy atom. The molecule has 5 heteroatoms. The van der Waals surface area contributed by atoms with Gasteiger partial charge in [-0.25, -0.2) is 4.79 Å². The van der Waals surface area contributed by atoms with Gasteiger partial charge < -0.3 is 10.4 Å². The van der Waals surface area contributed by atoms with E-state index >= 15 is 0 Å². The molecule has 1 aliphatic rings. The Labute approximate surface area is 142 Å². The summed E-state index contributed by atoms with van der Waals surface area (Å²) in [5.41, 5.74) is 1.52. The molecular formula is C19H25NO4. The molecule has 2 atom stereocenters. The van der Waals surface area contributed by atoms with Crippen LogP contribution in [0.2, 0.25) is 0 Å². The average Bonchev–Trinajstić information content (AvgIpc) is 2.51. The Balaban J connectivity index is 2.10. The van der Waals surface area contributed by atoms with Crippen LogP contribution < -0.4 is 5.32 Å². The summed E-state index contributed by atoms with van der Waals surface area (Å²) in [5, 5.41) is 12.0. The van der Waals surface area contributed by atoms with Crippen molar-refractivity contribution >= 4 is 17.7 Å². The minimum Gasteiger partial charge on any atom is -0.480 e. The standard InChI is InChI=1S/C19H25NO4/c1-19(2,3)14-9-7-12(8-10-14)17(22)20-16(18(23)24)13-5-4-6-15(21)11-13/h7-10,13,16H,4-6,11H2,1-3H3,(H,20,22)(H,23,24)/t13-,16+/m0/s1. The number of nitrogens with one attached hydrogen (secondary N) is 1. The predicted octanol–water partition coefficient (Wildman–Crippen LogP) is 2.93. The van der Waals surface area contributed by atoms with Crippen molar-refractivity contribution in [3.05, 3.63) is 35.4 Å². The Bertz CT molecular complexity index is 628. The first-order chi connectivity index (χ1) is 11.2. The molecule has 1 amide bonds. The van der Waals surface area contributed by atoms with Crippen molar-refractivity contribution in [1.29, 1.82) is 0 Å². The van der Waals surface area contributed by atoms with E-state index in [9.17, 15) is 19.5 Å². The molecular weight excluding hydrogens is 306 g/mol. The van der Waals surface area contributed by atoms with E-state index in [0.29, 0.717) is 24.8 Å². The van der Waals surface area contributed by atoms with Gasteiger partial charge in [0, 0.05) is 18.4 Å². The molecule has 1 aromatic rings. The summed E-state index contributed by atoms with van der Waals surface area (Å²) in [6, 6.07) is 6.16. The molecule has 1 fully saturated rings. The van der Waals surface area contributed by atoms with Crippen molar-refractivity contribution < 1.29 is 19.5 Å². The fraction of sp³-hybridized carbons (Fsp3) is 0.526. The van der Waals surface area contributed by atoms with Gasteiger partial charge in [0.2, 0.25) is 0 Å². The van der Waals surface area contributed by atoms with Crippen molar-refractivity contribution in [1.82, 2.24) is 5.32 Å². The maximum atomic E-state index is 12.4. The molecule has 0 spiro atoms. The second-order valence-electron chi connectivity index (χ2n) is 7.51. The minimum absolute atomic E-state index is 0.0128. The van der Waals surface area contributed by atoms with Crippen molar-refractivity contribution in [3.63, 3.8) is 0 Å². The van der Waals surface area contributed by atoms with Crippen molar-refractivity contribution in [3.8, 4) is 0 Å². The van der Waals surface area contributed by atoms with Gasteiger partial charge in [-0.05, 0) is 41.9 Å². The highest BCUT2D eigenvalue weighted by Crippen LogP contribution is 2.25. The third kappa shape index (κ3) is 4.43. The number of aliphatic carboxylic acids is 1. The molecule has 130 valence electrons. The molecule has 2 N–H and O–H groups in total. The molecule has 1 saturated carbocycles. The van der Waals surface area contributed by atoms with Crippen LogP contribution in [0.5, 0.6) is 0 Å². The van der Waals surface area contributed by atoms with Gasteiger partial charge in [-0.2, -0.15) is 0 Å². The lowest BCUT2D eigenvalue weighted by Gasteiger charge is -2.27. The SMILES string of the molecule is CC(C)(C)c1ccc(C(=O)N[C@@H](C(=O)O)[C@H]2CCCC(=O)C2)cc1. The number of rotatable bonds is 4. The molecule has 0 aromatic heterocycles. The van der Waals surface area contributed by atoms with Gasteiger partial charge in [-0.1, -0.05) is 32.9 Å². The highest BCUT2D eigenvalue weighted by atomic mass is 16.4. The highest BCUT2D eigenvalue weighted by Gasteiger charge is 2.33. The van der Waals surface area contributed by atoms with E-state index in [1.54, 1.807) is 12.1 Å². The van der Waals surface area contributed by atoms with Crippen molar-refractivity contribution in [2.24, 2.45) is 5.92 Å². The topological polar surface area (TPSA) is 83.5 Å². The molecule has 2 rings (SSSR count). The van der Waals surface area contributed by atoms with Gasteiger partial charge in [0.15, 0.2) is 0 Å². The average molecular weight is 331 g/mol. The Kier molecular flexibility index (Phi) is 5.42. The van der Waals surface area contributed by atoms with Crippen LogP contribution in [0.15, 0.2) is 24.3 Å². The summed E-state index contributed by atoms with van der Waals surface area (Å²) in [6.45, 7) is 6.26. The molecule has 24 heavy (non-hydrogen) atoms. The normalized spacial score (nSPS) is 19.6. The van der Waals surface area contributed by atoms with E-state index in [-0.39, 0.29) is 23.5 Å². The number of amides is 1. The number of carbonyl (C=O) groups excluding carboxylic acids is 2. The number of carboxylic acids is 1. The Morgan fingerprint density at radius 3 is 2.33 bits per heavy atom. The van der Waals surface area contributed by atoms with Gasteiger partial charge in [-0.15, -0.1) is 0 Å². The van der Waals surface area contributed by atoms with Crippen LogP contribution in [0.4, 0.5) is 0 Å². The third-order valence-electron chi connectivity index (χ3n) is 4.56. The second-order valence-corrected chi connectivity index (χ2v) is 7.51. The van der Waals surface area contributed by atoms with Gasteiger partial charge >= 0.3 is 5.97 Å². The quantitative estimate of drug-likeness (QED) is 0.888. The van der Waals surface area contributed by atoms with Crippen LogP contribution >= 0.6 is 0 Å². The zero-order valence-corrected chi connectivity index (χ0v) is 14.5. The Hall–Kier alpha value is -2.17. The van der Waals surface area contributed by atoms with Crippen LogP contribution in [-0.2, 0) is 15.0 Å². The first-order valence-corrected chi connectivity index (χ1v) is 8.34. The van der Waals surface area contributed by atoms with Crippen molar-refractivity contribution in [2.45, 2.75) is 57.9 Å². The summed E-state index contributed by atoms with van der Waals surface area (Å²) < 4.78 is 0. The second kappa shape index (κ2) is 7.16. The molecule has 0 aliphatic heterocycles. The van der Waals surface area contributed by atoms with Gasteiger partial charge in [-0.3, -0.25) is 9.59 Å². The van der Waals surface area contributed by atoms with Gasteiger partial charge in [0.1, 0.15) is 11.8 Å². The number of hydrogen-bond donors (Lipinski definition) is 2. The largest absolute Gasteiger partial charge is 0.480 e. The molecule has 0 saturated heterocycles. The number of benzene rings is 1. The molecule has 0 heterocycles. The van der Waals surface area contributed by atoms with E-state index in [1.165, 1.54) is 0 Å². The van der Waals surface area contributed by atoms with Crippen LogP contribution in [0.3, 0.4) is 0 Å². The summed E-state index contributed by atoms with van der Waals surface area (Å²) >= 11 is 0. The summed E-state index contributed by atoms with van der Waals surface area (Å²) in [6.07, 6.45) is 2.06. The summed E-state index contributed by atoms with van der Waals surface area (Å²) in [4.78, 5) is 35.5. The molecule has 1 aliphatic carbocycles. The minimum atomic E-state index is -1.09. The number of ketones is 1. The van der Waals surface area contributed by atoms with E-state index in [2.05, 4.69) is 26.1 Å². The highest BCUT2D eigenvalue weighted by molar-refractivity contribution is 5.96. The Morgan fingerprint density at radius 2 is 1.83 bits per heavy atom. The van der Waals surface area contributed by atoms with Gasteiger partial charge in [0.05, 0.1) is 0 Å². The fourth-order valence-corrected chi connectivity index (χ4v) is 3.07. The van der Waals surface area contributed by atoms with Crippen LogP contribution in [0, 0.1) is 5.92 Å². The monoisotopic (exact) mass is 331 g/mol.